The van der Waals surface area contributed by atoms with Crippen LogP contribution in [0, 0.1) is 0 Å². The molecule has 10 heteroatoms. The number of halogens is 3. The summed E-state index contributed by atoms with van der Waals surface area (Å²) in [7, 11) is -2.86. The van der Waals surface area contributed by atoms with Crippen LogP contribution in [0.5, 0.6) is 0 Å². The molecule has 1 aliphatic carbocycles. The third-order valence-electron chi connectivity index (χ3n) is 3.88. The fourth-order valence-corrected chi connectivity index (χ4v) is 3.82. The maximum Gasteiger partial charge on any atom is 0.402 e. The maximum atomic E-state index is 12.1. The van der Waals surface area contributed by atoms with Gasteiger partial charge in [0.15, 0.2) is 5.79 Å². The van der Waals surface area contributed by atoms with Crippen molar-refractivity contribution in [3.05, 3.63) is 0 Å². The second kappa shape index (κ2) is 5.99. The molecule has 1 aliphatic heterocycles. The van der Waals surface area contributed by atoms with E-state index in [-0.39, 0.29) is 6.04 Å². The summed E-state index contributed by atoms with van der Waals surface area (Å²) in [6, 6.07) is -0.353. The summed E-state index contributed by atoms with van der Waals surface area (Å²) in [5.41, 5.74) is 0. The average Bonchev–Trinajstić information content (AvgIpc) is 2.84. The van der Waals surface area contributed by atoms with Crippen LogP contribution in [-0.4, -0.2) is 57.5 Å². The van der Waals surface area contributed by atoms with Gasteiger partial charge in [0.2, 0.25) is 0 Å². The Bertz CT molecular complexity index is 453. The summed E-state index contributed by atoms with van der Waals surface area (Å²) < 4.78 is 73.6. The normalized spacial score (nSPS) is 24.0. The fraction of sp³-hybridized carbons (Fsp3) is 1.00. The molecule has 0 aromatic heterocycles. The second-order valence-corrected chi connectivity index (χ2v) is 7.11. The first-order valence-corrected chi connectivity index (χ1v) is 8.15. The molecule has 1 spiro atoms. The predicted molar refractivity (Wildman–Crippen MR) is 67.6 cm³/mol. The molecule has 1 saturated heterocycles. The maximum absolute atomic E-state index is 12.1. The van der Waals surface area contributed by atoms with Crippen molar-refractivity contribution in [2.75, 3.05) is 26.8 Å². The quantitative estimate of drug-likeness (QED) is 0.834. The molecular formula is C11H19F3N2O4S. The molecule has 1 saturated carbocycles. The first kappa shape index (κ1) is 16.9. The van der Waals surface area contributed by atoms with E-state index < -0.39 is 28.7 Å². The highest BCUT2D eigenvalue weighted by Crippen LogP contribution is 2.37. The van der Waals surface area contributed by atoms with E-state index in [1.807, 2.05) is 0 Å². The van der Waals surface area contributed by atoms with Gasteiger partial charge in [0.05, 0.1) is 13.2 Å². The number of nitrogens with one attached hydrogen (secondary N) is 1. The topological polar surface area (TPSA) is 67.9 Å². The van der Waals surface area contributed by atoms with Crippen LogP contribution in [0.25, 0.3) is 0 Å². The molecule has 2 rings (SSSR count). The van der Waals surface area contributed by atoms with Gasteiger partial charge >= 0.3 is 6.18 Å². The number of hydrogen-bond donors (Lipinski definition) is 1. The highest BCUT2D eigenvalue weighted by atomic mass is 32.2. The molecule has 0 amide bonds. The Labute approximate surface area is 121 Å². The van der Waals surface area contributed by atoms with Gasteiger partial charge in [-0.2, -0.15) is 30.6 Å². The van der Waals surface area contributed by atoms with E-state index >= 15 is 0 Å². The Morgan fingerprint density at radius 3 is 2.24 bits per heavy atom. The van der Waals surface area contributed by atoms with Gasteiger partial charge in [-0.25, -0.2) is 0 Å². The first-order valence-electron chi connectivity index (χ1n) is 6.71. The van der Waals surface area contributed by atoms with Crippen molar-refractivity contribution in [3.63, 3.8) is 0 Å². The molecular weight excluding hydrogens is 313 g/mol. The summed E-state index contributed by atoms with van der Waals surface area (Å²) in [6.45, 7) is -0.527. The number of hydrogen-bond acceptors (Lipinski definition) is 4. The van der Waals surface area contributed by atoms with Crippen LogP contribution in [0.15, 0.2) is 0 Å². The summed E-state index contributed by atoms with van der Waals surface area (Å²) in [6.07, 6.45) is -2.52. The van der Waals surface area contributed by atoms with Gasteiger partial charge in [0.1, 0.15) is 6.54 Å². The van der Waals surface area contributed by atoms with Crippen molar-refractivity contribution in [3.8, 4) is 0 Å². The molecule has 0 radical (unpaired) electrons. The molecule has 2 fully saturated rings. The van der Waals surface area contributed by atoms with Gasteiger partial charge in [-0.3, -0.25) is 0 Å². The van der Waals surface area contributed by atoms with Crippen LogP contribution in [0.4, 0.5) is 13.2 Å². The third kappa shape index (κ3) is 4.28. The number of rotatable bonds is 4. The smallest absolute Gasteiger partial charge is 0.348 e. The Kier molecular flexibility index (Phi) is 4.84. The van der Waals surface area contributed by atoms with Gasteiger partial charge in [-0.1, -0.05) is 0 Å². The Balaban J connectivity index is 1.90. The van der Waals surface area contributed by atoms with Crippen LogP contribution in [0.3, 0.4) is 0 Å². The molecule has 0 atom stereocenters. The molecule has 6 nitrogen and oxygen atoms in total. The molecule has 1 heterocycles. The molecule has 2 aliphatic rings. The zero-order chi connectivity index (χ0) is 15.7. The van der Waals surface area contributed by atoms with Crippen LogP contribution < -0.4 is 4.72 Å². The first-order chi connectivity index (χ1) is 9.64. The van der Waals surface area contributed by atoms with Crippen LogP contribution >= 0.6 is 0 Å². The van der Waals surface area contributed by atoms with Crippen LogP contribution in [0.1, 0.15) is 25.7 Å². The zero-order valence-electron chi connectivity index (χ0n) is 11.6. The third-order valence-corrected chi connectivity index (χ3v) is 5.44. The lowest BCUT2D eigenvalue weighted by Gasteiger charge is -2.38. The highest BCUT2D eigenvalue weighted by molar-refractivity contribution is 7.87. The zero-order valence-corrected chi connectivity index (χ0v) is 12.5. The predicted octanol–water partition coefficient (Wildman–Crippen LogP) is 1.00. The van der Waals surface area contributed by atoms with E-state index in [9.17, 15) is 21.6 Å². The molecule has 0 bridgehead atoms. The van der Waals surface area contributed by atoms with Crippen molar-refractivity contribution in [1.82, 2.24) is 9.03 Å². The highest BCUT2D eigenvalue weighted by Gasteiger charge is 2.43. The van der Waals surface area contributed by atoms with Crippen molar-refractivity contribution in [2.45, 2.75) is 43.7 Å². The minimum absolute atomic E-state index is 0.353. The largest absolute Gasteiger partial charge is 0.402 e. The lowest BCUT2D eigenvalue weighted by molar-refractivity contribution is -0.181. The summed E-state index contributed by atoms with van der Waals surface area (Å²) in [4.78, 5) is 0. The lowest BCUT2D eigenvalue weighted by atomic mass is 9.90. The van der Waals surface area contributed by atoms with Gasteiger partial charge in [-0.15, -0.1) is 0 Å². The van der Waals surface area contributed by atoms with E-state index in [0.29, 0.717) is 38.9 Å². The molecule has 0 aromatic carbocycles. The molecule has 0 aromatic rings. The molecule has 124 valence electrons. The number of nitrogens with zero attached hydrogens (tertiary/aromatic N) is 1. The minimum Gasteiger partial charge on any atom is -0.348 e. The van der Waals surface area contributed by atoms with Gasteiger partial charge in [-0.05, 0) is 12.8 Å². The van der Waals surface area contributed by atoms with Crippen LogP contribution in [-0.2, 0) is 19.7 Å². The summed E-state index contributed by atoms with van der Waals surface area (Å²) in [5, 5.41) is 0. The van der Waals surface area contributed by atoms with Gasteiger partial charge in [0, 0.05) is 25.9 Å². The lowest BCUT2D eigenvalue weighted by Crippen LogP contribution is -2.49. The van der Waals surface area contributed by atoms with Crippen molar-refractivity contribution >= 4 is 10.2 Å². The van der Waals surface area contributed by atoms with Gasteiger partial charge < -0.3 is 9.47 Å². The second-order valence-electron chi connectivity index (χ2n) is 5.30. The molecule has 0 unspecified atom stereocenters. The Morgan fingerprint density at radius 2 is 1.76 bits per heavy atom. The monoisotopic (exact) mass is 332 g/mol. The van der Waals surface area contributed by atoms with E-state index in [4.69, 9.17) is 9.47 Å². The standard InChI is InChI=1S/C11H19F3N2O4S/c1-16(21(17,18)15-8-11(12,13)14)9-2-4-10(5-3-9)19-6-7-20-10/h9,15H,2-8H2,1H3. The van der Waals surface area contributed by atoms with E-state index in [2.05, 4.69) is 0 Å². The van der Waals surface area contributed by atoms with E-state index in [0.717, 1.165) is 4.31 Å². The van der Waals surface area contributed by atoms with Crippen molar-refractivity contribution < 1.29 is 31.1 Å². The fourth-order valence-electron chi connectivity index (χ4n) is 2.66. The summed E-state index contributed by atoms with van der Waals surface area (Å²) >= 11 is 0. The Morgan fingerprint density at radius 1 is 1.24 bits per heavy atom. The average molecular weight is 332 g/mol. The SMILES string of the molecule is CN(C1CCC2(CC1)OCCO2)S(=O)(=O)NCC(F)(F)F. The Hall–Kier alpha value is -0.420. The van der Waals surface area contributed by atoms with Crippen molar-refractivity contribution in [2.24, 2.45) is 0 Å². The van der Waals surface area contributed by atoms with E-state index in [1.165, 1.54) is 7.05 Å². The van der Waals surface area contributed by atoms with E-state index in [1.54, 1.807) is 4.72 Å². The molecule has 1 N–H and O–H groups in total. The van der Waals surface area contributed by atoms with Gasteiger partial charge in [0.25, 0.3) is 10.2 Å². The van der Waals surface area contributed by atoms with Crippen LogP contribution in [0.2, 0.25) is 0 Å². The number of alkyl halides is 3. The van der Waals surface area contributed by atoms with Crippen molar-refractivity contribution in [1.29, 1.82) is 0 Å². The molecule has 21 heavy (non-hydrogen) atoms. The number of ether oxygens (including phenoxy) is 2. The minimum atomic E-state index is -4.57. The summed E-state index contributed by atoms with van der Waals surface area (Å²) in [5.74, 6) is -0.625.